The maximum Gasteiger partial charge on any atom is 0.220 e. The van der Waals surface area contributed by atoms with Gasteiger partial charge in [-0.3, -0.25) is 4.79 Å². The molecule has 2 aliphatic heterocycles. The predicted octanol–water partition coefficient (Wildman–Crippen LogP) is 2.60. The van der Waals surface area contributed by atoms with Crippen LogP contribution in [0, 0.1) is 11.3 Å². The first-order valence-electron chi connectivity index (χ1n) is 8.06. The van der Waals surface area contributed by atoms with Gasteiger partial charge in [-0.1, -0.05) is 13.8 Å². The van der Waals surface area contributed by atoms with E-state index in [4.69, 9.17) is 0 Å². The Balaban J connectivity index is 1.44. The second kappa shape index (κ2) is 5.08. The molecule has 0 aromatic carbocycles. The molecule has 1 amide bonds. The topological polar surface area (TPSA) is 41.1 Å². The molecule has 3 fully saturated rings. The first kappa shape index (κ1) is 13.4. The Labute approximate surface area is 116 Å². The largest absolute Gasteiger partial charge is 0.353 e. The molecule has 1 aliphatic carbocycles. The zero-order valence-corrected chi connectivity index (χ0v) is 12.4. The smallest absolute Gasteiger partial charge is 0.220 e. The van der Waals surface area contributed by atoms with E-state index in [9.17, 15) is 4.79 Å². The molecule has 2 N–H and O–H groups in total. The minimum Gasteiger partial charge on any atom is -0.353 e. The number of hydrogen-bond acceptors (Lipinski definition) is 2. The number of amides is 1. The maximum absolute atomic E-state index is 12.2. The number of fused-ring (bicyclic) bond motifs is 2. The summed E-state index contributed by atoms with van der Waals surface area (Å²) in [5, 5.41) is 6.92. The molecule has 3 rings (SSSR count). The van der Waals surface area contributed by atoms with Gasteiger partial charge < -0.3 is 10.6 Å². The van der Waals surface area contributed by atoms with E-state index < -0.39 is 0 Å². The number of carbonyl (C=O) groups is 1. The highest BCUT2D eigenvalue weighted by Crippen LogP contribution is 2.37. The molecule has 0 radical (unpaired) electrons. The summed E-state index contributed by atoms with van der Waals surface area (Å²) in [4.78, 5) is 12.2. The first-order valence-corrected chi connectivity index (χ1v) is 8.06. The first-order chi connectivity index (χ1) is 9.00. The van der Waals surface area contributed by atoms with Gasteiger partial charge in [0.15, 0.2) is 0 Å². The van der Waals surface area contributed by atoms with Crippen LogP contribution in [0.5, 0.6) is 0 Å². The normalized spacial score (nSPS) is 40.3. The predicted molar refractivity (Wildman–Crippen MR) is 76.8 cm³/mol. The lowest BCUT2D eigenvalue weighted by Gasteiger charge is -2.29. The summed E-state index contributed by atoms with van der Waals surface area (Å²) in [5.41, 5.74) is 0.422. The molecule has 0 aromatic rings. The Morgan fingerprint density at radius 3 is 2.47 bits per heavy atom. The molecule has 3 aliphatic rings. The van der Waals surface area contributed by atoms with E-state index >= 15 is 0 Å². The van der Waals surface area contributed by atoms with Crippen molar-refractivity contribution in [2.24, 2.45) is 11.3 Å². The van der Waals surface area contributed by atoms with E-state index in [1.807, 2.05) is 0 Å². The standard InChI is InChI=1S/C16H28N2O/c1-16(2)6-5-14(10-16)18-15(19)9-11-7-12-3-4-13(8-11)17-12/h11-14,17H,3-10H2,1-2H3,(H,18,19). The van der Waals surface area contributed by atoms with E-state index in [2.05, 4.69) is 24.5 Å². The summed E-state index contributed by atoms with van der Waals surface area (Å²) in [6.45, 7) is 4.62. The van der Waals surface area contributed by atoms with Crippen LogP contribution in [0.2, 0.25) is 0 Å². The molecule has 108 valence electrons. The van der Waals surface area contributed by atoms with Gasteiger partial charge in [0.1, 0.15) is 0 Å². The van der Waals surface area contributed by atoms with E-state index in [0.29, 0.717) is 35.4 Å². The van der Waals surface area contributed by atoms with Crippen molar-refractivity contribution < 1.29 is 4.79 Å². The lowest BCUT2D eigenvalue weighted by atomic mass is 9.89. The van der Waals surface area contributed by atoms with E-state index in [-0.39, 0.29) is 0 Å². The fraction of sp³-hybridized carbons (Fsp3) is 0.938. The highest BCUT2D eigenvalue weighted by Gasteiger charge is 2.35. The van der Waals surface area contributed by atoms with Gasteiger partial charge in [0.05, 0.1) is 0 Å². The quantitative estimate of drug-likeness (QED) is 0.822. The van der Waals surface area contributed by atoms with Crippen molar-refractivity contribution in [1.82, 2.24) is 10.6 Å². The van der Waals surface area contributed by atoms with Crippen molar-refractivity contribution in [2.45, 2.75) is 83.3 Å². The van der Waals surface area contributed by atoms with Crippen LogP contribution in [0.15, 0.2) is 0 Å². The Hall–Kier alpha value is -0.570. The van der Waals surface area contributed by atoms with Crippen molar-refractivity contribution >= 4 is 5.91 Å². The summed E-state index contributed by atoms with van der Waals surface area (Å²) in [6, 6.07) is 1.82. The van der Waals surface area contributed by atoms with Gasteiger partial charge in [-0.15, -0.1) is 0 Å². The Morgan fingerprint density at radius 2 is 1.89 bits per heavy atom. The fourth-order valence-corrected chi connectivity index (χ4v) is 4.45. The number of hydrogen-bond donors (Lipinski definition) is 2. The van der Waals surface area contributed by atoms with Gasteiger partial charge >= 0.3 is 0 Å². The minimum absolute atomic E-state index is 0.300. The second-order valence-corrected chi connectivity index (χ2v) is 7.85. The maximum atomic E-state index is 12.2. The molecule has 2 heterocycles. The molecule has 0 spiro atoms. The van der Waals surface area contributed by atoms with Gasteiger partial charge in [-0.2, -0.15) is 0 Å². The molecule has 19 heavy (non-hydrogen) atoms. The van der Waals surface area contributed by atoms with Crippen LogP contribution in [-0.4, -0.2) is 24.0 Å². The third-order valence-electron chi connectivity index (χ3n) is 5.38. The summed E-state index contributed by atoms with van der Waals surface area (Å²) in [7, 11) is 0. The highest BCUT2D eigenvalue weighted by atomic mass is 16.1. The van der Waals surface area contributed by atoms with Crippen molar-refractivity contribution in [3.63, 3.8) is 0 Å². The van der Waals surface area contributed by atoms with Crippen LogP contribution in [0.25, 0.3) is 0 Å². The van der Waals surface area contributed by atoms with Crippen molar-refractivity contribution in [3.05, 3.63) is 0 Å². The van der Waals surface area contributed by atoms with E-state index in [1.54, 1.807) is 0 Å². The van der Waals surface area contributed by atoms with Crippen molar-refractivity contribution in [2.75, 3.05) is 0 Å². The molecule has 3 unspecified atom stereocenters. The molecule has 3 heteroatoms. The molecule has 0 aromatic heterocycles. The Bertz CT molecular complexity index is 341. The van der Waals surface area contributed by atoms with Gasteiger partial charge in [-0.25, -0.2) is 0 Å². The molecule has 2 bridgehead atoms. The lowest BCUT2D eigenvalue weighted by molar-refractivity contribution is -0.123. The molecule has 2 saturated heterocycles. The van der Waals surface area contributed by atoms with Crippen LogP contribution in [0.1, 0.15) is 65.2 Å². The number of rotatable bonds is 3. The van der Waals surface area contributed by atoms with Crippen molar-refractivity contribution in [1.29, 1.82) is 0 Å². The Morgan fingerprint density at radius 1 is 1.21 bits per heavy atom. The Kier molecular flexibility index (Phi) is 3.59. The molecular formula is C16H28N2O. The molecule has 3 atom stereocenters. The minimum atomic E-state index is 0.300. The SMILES string of the molecule is CC1(C)CCC(NC(=O)CC2CC3CCC(C2)N3)C1. The van der Waals surface area contributed by atoms with E-state index in [0.717, 1.165) is 19.3 Å². The van der Waals surface area contributed by atoms with Gasteiger partial charge in [0.25, 0.3) is 0 Å². The molecule has 3 nitrogen and oxygen atoms in total. The zero-order chi connectivity index (χ0) is 13.5. The molecule has 1 saturated carbocycles. The van der Waals surface area contributed by atoms with Gasteiger partial charge in [0.2, 0.25) is 5.91 Å². The zero-order valence-electron chi connectivity index (χ0n) is 12.4. The third kappa shape index (κ3) is 3.31. The monoisotopic (exact) mass is 264 g/mol. The second-order valence-electron chi connectivity index (χ2n) is 7.85. The van der Waals surface area contributed by atoms with Crippen LogP contribution >= 0.6 is 0 Å². The van der Waals surface area contributed by atoms with Crippen LogP contribution in [0.4, 0.5) is 0 Å². The summed E-state index contributed by atoms with van der Waals surface area (Å²) in [6.07, 6.45) is 9.37. The third-order valence-corrected chi connectivity index (χ3v) is 5.38. The number of carbonyl (C=O) groups excluding carboxylic acids is 1. The van der Waals surface area contributed by atoms with Crippen molar-refractivity contribution in [3.8, 4) is 0 Å². The lowest BCUT2D eigenvalue weighted by Crippen LogP contribution is -2.41. The molecular weight excluding hydrogens is 236 g/mol. The van der Waals surface area contributed by atoms with Gasteiger partial charge in [0, 0.05) is 24.5 Å². The summed E-state index contributed by atoms with van der Waals surface area (Å²) >= 11 is 0. The summed E-state index contributed by atoms with van der Waals surface area (Å²) in [5.74, 6) is 0.919. The fourth-order valence-electron chi connectivity index (χ4n) is 4.45. The summed E-state index contributed by atoms with van der Waals surface area (Å²) < 4.78 is 0. The van der Waals surface area contributed by atoms with Gasteiger partial charge in [-0.05, 0) is 56.3 Å². The number of nitrogens with one attached hydrogen (secondary N) is 2. The van der Waals surface area contributed by atoms with Crippen LogP contribution in [0.3, 0.4) is 0 Å². The average molecular weight is 264 g/mol. The highest BCUT2D eigenvalue weighted by molar-refractivity contribution is 5.76. The number of piperidine rings is 1. The average Bonchev–Trinajstić information content (AvgIpc) is 2.81. The van der Waals surface area contributed by atoms with Crippen LogP contribution in [-0.2, 0) is 4.79 Å². The van der Waals surface area contributed by atoms with Crippen LogP contribution < -0.4 is 10.6 Å². The van der Waals surface area contributed by atoms with E-state index in [1.165, 1.54) is 32.1 Å².